The minimum absolute atomic E-state index is 0.993. The summed E-state index contributed by atoms with van der Waals surface area (Å²) in [4.78, 5) is 0. The molecule has 3 aliphatic rings. The molecule has 0 amide bonds. The van der Waals surface area contributed by atoms with Crippen LogP contribution in [0.1, 0.15) is 36.8 Å². The van der Waals surface area contributed by atoms with Crippen LogP contribution in [0.2, 0.25) is 0 Å². The Balaban J connectivity index is 1.98. The number of benzene rings is 1. The molecule has 0 spiro atoms. The van der Waals surface area contributed by atoms with Gasteiger partial charge in [0.05, 0.1) is 0 Å². The number of fused-ring (bicyclic) bond motifs is 2. The number of hydrogen-bond donors (Lipinski definition) is 0. The van der Waals surface area contributed by atoms with Crippen molar-refractivity contribution < 1.29 is 0 Å². The van der Waals surface area contributed by atoms with E-state index < -0.39 is 0 Å². The molecule has 0 N–H and O–H groups in total. The number of rotatable bonds is 0. The van der Waals surface area contributed by atoms with Crippen molar-refractivity contribution in [1.82, 2.24) is 0 Å². The van der Waals surface area contributed by atoms with Crippen LogP contribution in [0.5, 0.6) is 0 Å². The Labute approximate surface area is 86.3 Å². The Kier molecular flexibility index (Phi) is 2.08. The maximum atomic E-state index is 2.34. The first kappa shape index (κ1) is 8.52. The number of hydrogen-bond acceptors (Lipinski definition) is 0. The topological polar surface area (TPSA) is 0 Å². The van der Waals surface area contributed by atoms with E-state index in [9.17, 15) is 0 Å². The van der Waals surface area contributed by atoms with Gasteiger partial charge in [-0.2, -0.15) is 0 Å². The zero-order valence-corrected chi connectivity index (χ0v) is 8.71. The standard InChI is InChI=1S/C14H18/c1-2-4-14-10-12-7-5-11(6-8-12)9-13(14)3-1/h1-4,11-12H,5-10H2. The van der Waals surface area contributed by atoms with Crippen molar-refractivity contribution >= 4 is 0 Å². The second-order valence-corrected chi connectivity index (χ2v) is 5.06. The van der Waals surface area contributed by atoms with Crippen LogP contribution in [-0.2, 0) is 12.8 Å². The molecule has 0 saturated heterocycles. The second kappa shape index (κ2) is 3.42. The molecule has 74 valence electrons. The van der Waals surface area contributed by atoms with E-state index in [2.05, 4.69) is 24.3 Å². The van der Waals surface area contributed by atoms with Crippen molar-refractivity contribution in [3.8, 4) is 0 Å². The van der Waals surface area contributed by atoms with Crippen molar-refractivity contribution in [2.24, 2.45) is 11.8 Å². The highest BCUT2D eigenvalue weighted by molar-refractivity contribution is 5.29. The maximum Gasteiger partial charge on any atom is -0.0248 e. The Morgan fingerprint density at radius 3 is 1.57 bits per heavy atom. The quantitative estimate of drug-likeness (QED) is 0.581. The Morgan fingerprint density at radius 2 is 1.14 bits per heavy atom. The maximum absolute atomic E-state index is 2.34. The first-order chi connectivity index (χ1) is 6.92. The minimum atomic E-state index is 0.993. The molecule has 0 nitrogen and oxygen atoms in total. The van der Waals surface area contributed by atoms with Crippen LogP contribution in [0.15, 0.2) is 24.3 Å². The van der Waals surface area contributed by atoms with Gasteiger partial charge in [-0.15, -0.1) is 0 Å². The van der Waals surface area contributed by atoms with Gasteiger partial charge < -0.3 is 0 Å². The second-order valence-electron chi connectivity index (χ2n) is 5.06. The summed E-state index contributed by atoms with van der Waals surface area (Å²) in [6.07, 6.45) is 8.64. The van der Waals surface area contributed by atoms with Gasteiger partial charge in [-0.3, -0.25) is 0 Å². The van der Waals surface area contributed by atoms with E-state index in [-0.39, 0.29) is 0 Å². The highest BCUT2D eigenvalue weighted by Gasteiger charge is 2.25. The van der Waals surface area contributed by atoms with E-state index in [0.29, 0.717) is 0 Å². The highest BCUT2D eigenvalue weighted by atomic mass is 14.3. The molecule has 2 bridgehead atoms. The summed E-state index contributed by atoms with van der Waals surface area (Å²) in [6.45, 7) is 0. The molecule has 1 aromatic rings. The summed E-state index contributed by atoms with van der Waals surface area (Å²) in [5, 5.41) is 0. The third-order valence-electron chi connectivity index (χ3n) is 4.10. The van der Waals surface area contributed by atoms with Gasteiger partial charge in [0.25, 0.3) is 0 Å². The van der Waals surface area contributed by atoms with Gasteiger partial charge in [0.15, 0.2) is 0 Å². The molecule has 0 radical (unpaired) electrons. The van der Waals surface area contributed by atoms with Crippen molar-refractivity contribution in [3.05, 3.63) is 35.4 Å². The lowest BCUT2D eigenvalue weighted by molar-refractivity contribution is 0.261. The lowest BCUT2D eigenvalue weighted by Gasteiger charge is -2.32. The van der Waals surface area contributed by atoms with Gasteiger partial charge >= 0.3 is 0 Å². The van der Waals surface area contributed by atoms with Crippen molar-refractivity contribution in [3.63, 3.8) is 0 Å². The minimum Gasteiger partial charge on any atom is -0.0620 e. The normalized spacial score (nSPS) is 30.6. The van der Waals surface area contributed by atoms with E-state index >= 15 is 0 Å². The summed E-state index contributed by atoms with van der Waals surface area (Å²) in [7, 11) is 0. The van der Waals surface area contributed by atoms with Crippen LogP contribution in [0, 0.1) is 11.8 Å². The zero-order chi connectivity index (χ0) is 9.38. The molecule has 4 rings (SSSR count). The van der Waals surface area contributed by atoms with Crippen LogP contribution in [0.3, 0.4) is 0 Å². The predicted octanol–water partition coefficient (Wildman–Crippen LogP) is 3.59. The Morgan fingerprint density at radius 1 is 0.714 bits per heavy atom. The summed E-state index contributed by atoms with van der Waals surface area (Å²) in [5.41, 5.74) is 3.28. The van der Waals surface area contributed by atoms with E-state index in [0.717, 1.165) is 11.8 Å². The molecule has 0 atom stereocenters. The first-order valence-corrected chi connectivity index (χ1v) is 5.98. The van der Waals surface area contributed by atoms with Crippen LogP contribution in [-0.4, -0.2) is 0 Å². The molecule has 3 aliphatic carbocycles. The molecule has 0 aromatic heterocycles. The molecule has 0 unspecified atom stereocenters. The lowest BCUT2D eigenvalue weighted by Crippen LogP contribution is -2.22. The molecule has 1 fully saturated rings. The van der Waals surface area contributed by atoms with Crippen molar-refractivity contribution in [1.29, 1.82) is 0 Å². The van der Waals surface area contributed by atoms with Gasteiger partial charge in [-0.1, -0.05) is 24.3 Å². The predicted molar refractivity (Wildman–Crippen MR) is 59.3 cm³/mol. The highest BCUT2D eigenvalue weighted by Crippen LogP contribution is 2.36. The van der Waals surface area contributed by atoms with Crippen LogP contribution in [0.25, 0.3) is 0 Å². The largest absolute Gasteiger partial charge is 0.0620 e. The average molecular weight is 186 g/mol. The fourth-order valence-corrected chi connectivity index (χ4v) is 3.22. The van der Waals surface area contributed by atoms with Crippen molar-refractivity contribution in [2.75, 3.05) is 0 Å². The van der Waals surface area contributed by atoms with Gasteiger partial charge in [0, 0.05) is 0 Å². The molecule has 0 heteroatoms. The fourth-order valence-electron chi connectivity index (χ4n) is 3.22. The van der Waals surface area contributed by atoms with E-state index in [4.69, 9.17) is 0 Å². The zero-order valence-electron chi connectivity index (χ0n) is 8.71. The average Bonchev–Trinajstić information content (AvgIpc) is 2.17. The third kappa shape index (κ3) is 1.47. The molecule has 0 heterocycles. The molecule has 14 heavy (non-hydrogen) atoms. The Bertz CT molecular complexity index is 286. The monoisotopic (exact) mass is 186 g/mol. The summed E-state index contributed by atoms with van der Waals surface area (Å²) < 4.78 is 0. The molecular formula is C14H18. The summed E-state index contributed by atoms with van der Waals surface area (Å²) in [6, 6.07) is 9.09. The molecule has 1 aromatic carbocycles. The van der Waals surface area contributed by atoms with Crippen LogP contribution in [0.4, 0.5) is 0 Å². The summed E-state index contributed by atoms with van der Waals surface area (Å²) in [5.74, 6) is 1.99. The third-order valence-corrected chi connectivity index (χ3v) is 4.10. The fraction of sp³-hybridized carbons (Fsp3) is 0.571. The Hall–Kier alpha value is -0.780. The summed E-state index contributed by atoms with van der Waals surface area (Å²) >= 11 is 0. The first-order valence-electron chi connectivity index (χ1n) is 5.98. The van der Waals surface area contributed by atoms with E-state index in [1.165, 1.54) is 38.5 Å². The van der Waals surface area contributed by atoms with Crippen LogP contribution < -0.4 is 0 Å². The van der Waals surface area contributed by atoms with Crippen molar-refractivity contribution in [2.45, 2.75) is 38.5 Å². The van der Waals surface area contributed by atoms with Gasteiger partial charge in [0.2, 0.25) is 0 Å². The molecule has 0 aliphatic heterocycles. The SMILES string of the molecule is c1ccc2c(c1)CC1CCC(CC1)C2. The van der Waals surface area contributed by atoms with Crippen LogP contribution >= 0.6 is 0 Å². The smallest absolute Gasteiger partial charge is 0.0248 e. The van der Waals surface area contributed by atoms with E-state index in [1.807, 2.05) is 0 Å². The van der Waals surface area contributed by atoms with Gasteiger partial charge in [-0.25, -0.2) is 0 Å². The van der Waals surface area contributed by atoms with Gasteiger partial charge in [0.1, 0.15) is 0 Å². The molecule has 1 saturated carbocycles. The van der Waals surface area contributed by atoms with E-state index in [1.54, 1.807) is 11.1 Å². The molecular weight excluding hydrogens is 168 g/mol. The van der Waals surface area contributed by atoms with Gasteiger partial charge in [-0.05, 0) is 61.5 Å². The lowest BCUT2D eigenvalue weighted by atomic mass is 9.73.